The van der Waals surface area contributed by atoms with Crippen molar-refractivity contribution in [1.29, 1.82) is 5.26 Å². The number of rotatable bonds is 3. The van der Waals surface area contributed by atoms with Crippen LogP contribution in [0.15, 0.2) is 17.5 Å². The third-order valence-corrected chi connectivity index (χ3v) is 3.38. The van der Waals surface area contributed by atoms with Crippen LogP contribution in [0.25, 0.3) is 0 Å². The topological polar surface area (TPSA) is 91.8 Å². The molecule has 1 heterocycles. The lowest BCUT2D eigenvalue weighted by Crippen LogP contribution is -2.16. The van der Waals surface area contributed by atoms with Gasteiger partial charge >= 0.3 is 0 Å². The highest BCUT2D eigenvalue weighted by molar-refractivity contribution is 7.13. The molecule has 1 aromatic carbocycles. The Bertz CT molecular complexity index is 705. The van der Waals surface area contributed by atoms with Crippen molar-refractivity contribution in [2.24, 2.45) is 0 Å². The standard InChI is InChI=1S/C13H11FN4OS/c1-7-10(14)2-8(5-15)3-11(7)18-12(19)4-9-6-20-13(16)17-9/h2-3,6H,4H2,1H3,(H2,16,17)(H,18,19). The van der Waals surface area contributed by atoms with E-state index in [1.807, 2.05) is 6.07 Å². The number of nitrogen functional groups attached to an aromatic ring is 1. The molecule has 1 aromatic heterocycles. The van der Waals surface area contributed by atoms with Crippen LogP contribution in [0.5, 0.6) is 0 Å². The van der Waals surface area contributed by atoms with E-state index in [1.54, 1.807) is 5.38 Å². The molecular formula is C13H11FN4OS. The van der Waals surface area contributed by atoms with Crippen molar-refractivity contribution in [2.45, 2.75) is 13.3 Å². The van der Waals surface area contributed by atoms with Gasteiger partial charge in [-0.3, -0.25) is 4.79 Å². The summed E-state index contributed by atoms with van der Waals surface area (Å²) in [5.74, 6) is -0.870. The van der Waals surface area contributed by atoms with Gasteiger partial charge in [0.15, 0.2) is 5.13 Å². The molecule has 0 spiro atoms. The molecule has 0 radical (unpaired) electrons. The number of hydrogen-bond donors (Lipinski definition) is 2. The molecule has 0 unspecified atom stereocenters. The molecule has 2 aromatic rings. The van der Waals surface area contributed by atoms with Crippen molar-refractivity contribution in [3.8, 4) is 6.07 Å². The van der Waals surface area contributed by atoms with E-state index in [2.05, 4.69) is 10.3 Å². The first-order chi connectivity index (χ1) is 9.49. The van der Waals surface area contributed by atoms with Crippen LogP contribution in [0.2, 0.25) is 0 Å². The van der Waals surface area contributed by atoms with Gasteiger partial charge in [0.25, 0.3) is 0 Å². The van der Waals surface area contributed by atoms with E-state index in [0.717, 1.165) is 6.07 Å². The molecule has 1 amide bonds. The minimum Gasteiger partial charge on any atom is -0.375 e. The van der Waals surface area contributed by atoms with Crippen LogP contribution in [-0.4, -0.2) is 10.9 Å². The van der Waals surface area contributed by atoms with Gasteiger partial charge in [0.05, 0.1) is 23.7 Å². The molecule has 102 valence electrons. The molecule has 0 bridgehead atoms. The van der Waals surface area contributed by atoms with Gasteiger partial charge in [-0.1, -0.05) is 0 Å². The highest BCUT2D eigenvalue weighted by Crippen LogP contribution is 2.21. The number of hydrogen-bond acceptors (Lipinski definition) is 5. The van der Waals surface area contributed by atoms with Gasteiger partial charge in [0, 0.05) is 16.6 Å². The number of nitrogens with zero attached hydrogens (tertiary/aromatic N) is 2. The molecular weight excluding hydrogens is 279 g/mol. The number of nitrogens with two attached hydrogens (primary N) is 1. The molecule has 0 saturated heterocycles. The zero-order chi connectivity index (χ0) is 14.7. The van der Waals surface area contributed by atoms with Gasteiger partial charge in [-0.25, -0.2) is 9.37 Å². The average molecular weight is 290 g/mol. The molecule has 7 heteroatoms. The first-order valence-corrected chi connectivity index (χ1v) is 6.57. The van der Waals surface area contributed by atoms with Crippen LogP contribution in [0, 0.1) is 24.1 Å². The number of nitrogens with one attached hydrogen (secondary N) is 1. The molecule has 0 aliphatic rings. The lowest BCUT2D eigenvalue weighted by molar-refractivity contribution is -0.115. The van der Waals surface area contributed by atoms with E-state index in [0.29, 0.717) is 10.8 Å². The second-order valence-corrected chi connectivity index (χ2v) is 5.03. The van der Waals surface area contributed by atoms with E-state index in [4.69, 9.17) is 11.0 Å². The molecule has 0 aliphatic heterocycles. The molecule has 0 atom stereocenters. The third kappa shape index (κ3) is 3.10. The van der Waals surface area contributed by atoms with E-state index >= 15 is 0 Å². The number of amides is 1. The van der Waals surface area contributed by atoms with E-state index in [9.17, 15) is 9.18 Å². The number of aromatic nitrogens is 1. The fraction of sp³-hybridized carbons (Fsp3) is 0.154. The normalized spacial score (nSPS) is 10.1. The van der Waals surface area contributed by atoms with Crippen molar-refractivity contribution in [3.63, 3.8) is 0 Å². The van der Waals surface area contributed by atoms with Gasteiger partial charge in [0.2, 0.25) is 5.91 Å². The molecule has 20 heavy (non-hydrogen) atoms. The van der Waals surface area contributed by atoms with E-state index < -0.39 is 5.82 Å². The first-order valence-electron chi connectivity index (χ1n) is 5.69. The number of thiazole rings is 1. The minimum absolute atomic E-state index is 0.0472. The van der Waals surface area contributed by atoms with Gasteiger partial charge in [-0.15, -0.1) is 11.3 Å². The molecule has 3 N–H and O–H groups in total. The summed E-state index contributed by atoms with van der Waals surface area (Å²) in [5.41, 5.74) is 6.76. The Hall–Kier alpha value is -2.46. The van der Waals surface area contributed by atoms with E-state index in [1.165, 1.54) is 24.3 Å². The summed E-state index contributed by atoms with van der Waals surface area (Å²) in [4.78, 5) is 15.8. The largest absolute Gasteiger partial charge is 0.375 e. The summed E-state index contributed by atoms with van der Waals surface area (Å²) in [5, 5.41) is 13.5. The smallest absolute Gasteiger partial charge is 0.230 e. The Morgan fingerprint density at radius 1 is 1.60 bits per heavy atom. The lowest BCUT2D eigenvalue weighted by atomic mass is 10.1. The Morgan fingerprint density at radius 3 is 2.95 bits per heavy atom. The molecule has 5 nitrogen and oxygen atoms in total. The quantitative estimate of drug-likeness (QED) is 0.906. The van der Waals surface area contributed by atoms with Crippen LogP contribution < -0.4 is 11.1 Å². The second-order valence-electron chi connectivity index (χ2n) is 4.14. The number of carbonyl (C=O) groups is 1. The predicted octanol–water partition coefficient (Wildman–Crippen LogP) is 2.23. The van der Waals surface area contributed by atoms with Crippen LogP contribution in [0.3, 0.4) is 0 Å². The van der Waals surface area contributed by atoms with Gasteiger partial charge in [-0.05, 0) is 19.1 Å². The maximum atomic E-state index is 13.6. The number of anilines is 2. The van der Waals surface area contributed by atoms with Gasteiger partial charge in [0.1, 0.15) is 5.82 Å². The van der Waals surface area contributed by atoms with Gasteiger partial charge < -0.3 is 11.1 Å². The second kappa shape index (κ2) is 5.67. The summed E-state index contributed by atoms with van der Waals surface area (Å²) in [6.07, 6.45) is 0.0472. The van der Waals surface area contributed by atoms with Crippen LogP contribution >= 0.6 is 11.3 Å². The number of nitriles is 1. The van der Waals surface area contributed by atoms with Crippen LogP contribution in [0.4, 0.5) is 15.2 Å². The summed E-state index contributed by atoms with van der Waals surface area (Å²) >= 11 is 1.25. The Balaban J connectivity index is 2.15. The number of carbonyl (C=O) groups excluding carboxylic acids is 1. The predicted molar refractivity (Wildman–Crippen MR) is 74.7 cm³/mol. The number of benzene rings is 1. The SMILES string of the molecule is Cc1c(F)cc(C#N)cc1NC(=O)Cc1csc(N)n1. The Morgan fingerprint density at radius 2 is 2.35 bits per heavy atom. The maximum Gasteiger partial charge on any atom is 0.230 e. The molecule has 0 aliphatic carbocycles. The fourth-order valence-electron chi connectivity index (χ4n) is 1.64. The van der Waals surface area contributed by atoms with Crippen molar-refractivity contribution < 1.29 is 9.18 Å². The third-order valence-electron chi connectivity index (χ3n) is 2.66. The summed E-state index contributed by atoms with van der Waals surface area (Å²) < 4.78 is 13.6. The Labute approximate surface area is 118 Å². The summed E-state index contributed by atoms with van der Waals surface area (Å²) in [6.45, 7) is 1.53. The molecule has 0 fully saturated rings. The molecule has 2 rings (SSSR count). The lowest BCUT2D eigenvalue weighted by Gasteiger charge is -2.09. The fourth-order valence-corrected chi connectivity index (χ4v) is 2.20. The van der Waals surface area contributed by atoms with Crippen molar-refractivity contribution in [1.82, 2.24) is 4.98 Å². The van der Waals surface area contributed by atoms with Crippen molar-refractivity contribution >= 4 is 28.1 Å². The Kier molecular flexibility index (Phi) is 3.96. The summed E-state index contributed by atoms with van der Waals surface area (Å²) in [7, 11) is 0. The van der Waals surface area contributed by atoms with Crippen LogP contribution in [-0.2, 0) is 11.2 Å². The monoisotopic (exact) mass is 290 g/mol. The molecule has 0 saturated carbocycles. The van der Waals surface area contributed by atoms with Crippen molar-refractivity contribution in [2.75, 3.05) is 11.1 Å². The van der Waals surface area contributed by atoms with Gasteiger partial charge in [-0.2, -0.15) is 5.26 Å². The maximum absolute atomic E-state index is 13.6. The van der Waals surface area contributed by atoms with Crippen molar-refractivity contribution in [3.05, 3.63) is 40.2 Å². The zero-order valence-corrected chi connectivity index (χ0v) is 11.4. The van der Waals surface area contributed by atoms with E-state index in [-0.39, 0.29) is 29.1 Å². The average Bonchev–Trinajstić information content (AvgIpc) is 2.79. The first kappa shape index (κ1) is 14.0. The van der Waals surface area contributed by atoms with Crippen LogP contribution in [0.1, 0.15) is 16.8 Å². The summed E-state index contributed by atoms with van der Waals surface area (Å²) in [6, 6.07) is 4.41. The highest BCUT2D eigenvalue weighted by Gasteiger charge is 2.12. The highest BCUT2D eigenvalue weighted by atomic mass is 32.1. The number of halogens is 1. The minimum atomic E-state index is -0.530. The zero-order valence-electron chi connectivity index (χ0n) is 10.6.